The van der Waals surface area contributed by atoms with Crippen molar-refractivity contribution in [3.8, 4) is 11.5 Å². The molecule has 0 atom stereocenters. The zero-order chi connectivity index (χ0) is 13.7. The van der Waals surface area contributed by atoms with Crippen molar-refractivity contribution in [1.29, 1.82) is 0 Å². The second-order valence-electron chi connectivity index (χ2n) is 4.27. The minimum Gasteiger partial charge on any atom is -0.496 e. The highest BCUT2D eigenvalue weighted by atomic mass is 35.5. The first-order valence-electron chi connectivity index (χ1n) is 6.12. The van der Waals surface area contributed by atoms with E-state index in [1.165, 1.54) is 5.56 Å². The number of hydrogen-bond acceptors (Lipinski definition) is 2. The van der Waals surface area contributed by atoms with Crippen LogP contribution < -0.4 is 9.47 Å². The maximum Gasteiger partial charge on any atom is 0.127 e. The zero-order valence-electron chi connectivity index (χ0n) is 11.2. The second kappa shape index (κ2) is 6.48. The van der Waals surface area contributed by atoms with Crippen LogP contribution in [0, 0.1) is 0 Å². The SMILES string of the molecule is COc1cc(Cc2ccccc2)cc(OC)c1CCl. The molecule has 2 nitrogen and oxygen atoms in total. The Morgan fingerprint density at radius 2 is 1.47 bits per heavy atom. The number of ether oxygens (including phenoxy) is 2. The third-order valence-corrected chi connectivity index (χ3v) is 3.32. The first-order chi connectivity index (χ1) is 9.28. The Labute approximate surface area is 118 Å². The predicted molar refractivity (Wildman–Crippen MR) is 78.4 cm³/mol. The highest BCUT2D eigenvalue weighted by Gasteiger charge is 2.11. The van der Waals surface area contributed by atoms with Crippen molar-refractivity contribution in [3.63, 3.8) is 0 Å². The van der Waals surface area contributed by atoms with Crippen LogP contribution in [-0.4, -0.2) is 14.2 Å². The molecule has 0 aromatic heterocycles. The third-order valence-electron chi connectivity index (χ3n) is 3.05. The molecule has 0 N–H and O–H groups in total. The summed E-state index contributed by atoms with van der Waals surface area (Å²) in [5, 5.41) is 0. The number of methoxy groups -OCH3 is 2. The Balaban J connectivity index is 2.36. The maximum absolute atomic E-state index is 5.95. The van der Waals surface area contributed by atoms with E-state index in [0.29, 0.717) is 5.88 Å². The topological polar surface area (TPSA) is 18.5 Å². The molecule has 0 aliphatic carbocycles. The predicted octanol–water partition coefficient (Wildman–Crippen LogP) is 4.03. The lowest BCUT2D eigenvalue weighted by Gasteiger charge is -2.13. The molecule has 0 unspecified atom stereocenters. The minimum atomic E-state index is 0.373. The van der Waals surface area contributed by atoms with Crippen LogP contribution in [0.4, 0.5) is 0 Å². The Hall–Kier alpha value is -1.67. The Morgan fingerprint density at radius 1 is 0.895 bits per heavy atom. The van der Waals surface area contributed by atoms with Gasteiger partial charge in [0, 0.05) is 0 Å². The molecule has 0 radical (unpaired) electrons. The first-order valence-corrected chi connectivity index (χ1v) is 6.65. The number of alkyl halides is 1. The van der Waals surface area contributed by atoms with Crippen LogP contribution in [0.1, 0.15) is 16.7 Å². The van der Waals surface area contributed by atoms with Crippen LogP contribution in [-0.2, 0) is 12.3 Å². The van der Waals surface area contributed by atoms with Crippen molar-refractivity contribution in [1.82, 2.24) is 0 Å². The summed E-state index contributed by atoms with van der Waals surface area (Å²) in [6.45, 7) is 0. The molecule has 2 aromatic rings. The fraction of sp³-hybridized carbons (Fsp3) is 0.250. The van der Waals surface area contributed by atoms with Crippen molar-refractivity contribution < 1.29 is 9.47 Å². The average Bonchev–Trinajstić information content (AvgIpc) is 2.47. The largest absolute Gasteiger partial charge is 0.496 e. The molecule has 2 rings (SSSR count). The molecular formula is C16H17ClO2. The maximum atomic E-state index is 5.95. The molecule has 3 heteroatoms. The average molecular weight is 277 g/mol. The number of halogens is 1. The van der Waals surface area contributed by atoms with Gasteiger partial charge in [-0.1, -0.05) is 30.3 Å². The standard InChI is InChI=1S/C16H17ClO2/c1-18-15-9-13(8-12-6-4-3-5-7-12)10-16(19-2)14(15)11-17/h3-7,9-10H,8,11H2,1-2H3. The van der Waals surface area contributed by atoms with Crippen LogP contribution in [0.5, 0.6) is 11.5 Å². The molecule has 0 heterocycles. The lowest BCUT2D eigenvalue weighted by Crippen LogP contribution is -1.98. The number of benzene rings is 2. The molecule has 2 aromatic carbocycles. The molecule has 0 fully saturated rings. The lowest BCUT2D eigenvalue weighted by atomic mass is 10.0. The van der Waals surface area contributed by atoms with Gasteiger partial charge in [0.1, 0.15) is 11.5 Å². The van der Waals surface area contributed by atoms with Crippen molar-refractivity contribution in [2.75, 3.05) is 14.2 Å². The van der Waals surface area contributed by atoms with E-state index < -0.39 is 0 Å². The van der Waals surface area contributed by atoms with E-state index in [9.17, 15) is 0 Å². The second-order valence-corrected chi connectivity index (χ2v) is 4.54. The summed E-state index contributed by atoms with van der Waals surface area (Å²) in [7, 11) is 3.30. The van der Waals surface area contributed by atoms with Crippen molar-refractivity contribution >= 4 is 11.6 Å². The van der Waals surface area contributed by atoms with Gasteiger partial charge in [-0.05, 0) is 29.7 Å². The van der Waals surface area contributed by atoms with Gasteiger partial charge in [0.25, 0.3) is 0 Å². The molecule has 0 spiro atoms. The Morgan fingerprint density at radius 3 is 1.95 bits per heavy atom. The smallest absolute Gasteiger partial charge is 0.127 e. The first kappa shape index (κ1) is 13.8. The van der Waals surface area contributed by atoms with E-state index in [1.54, 1.807) is 14.2 Å². The van der Waals surface area contributed by atoms with Crippen LogP contribution in [0.3, 0.4) is 0 Å². The van der Waals surface area contributed by atoms with Gasteiger partial charge in [0.15, 0.2) is 0 Å². The summed E-state index contributed by atoms with van der Waals surface area (Å²) >= 11 is 5.95. The molecule has 0 saturated heterocycles. The Bertz CT molecular complexity index is 513. The van der Waals surface area contributed by atoms with E-state index >= 15 is 0 Å². The summed E-state index contributed by atoms with van der Waals surface area (Å²) < 4.78 is 10.8. The van der Waals surface area contributed by atoms with Crippen LogP contribution in [0.2, 0.25) is 0 Å². The highest BCUT2D eigenvalue weighted by molar-refractivity contribution is 6.17. The van der Waals surface area contributed by atoms with Crippen LogP contribution >= 0.6 is 11.6 Å². The minimum absolute atomic E-state index is 0.373. The molecule has 100 valence electrons. The zero-order valence-corrected chi connectivity index (χ0v) is 11.9. The van der Waals surface area contributed by atoms with Gasteiger partial charge >= 0.3 is 0 Å². The van der Waals surface area contributed by atoms with Crippen LogP contribution in [0.15, 0.2) is 42.5 Å². The van der Waals surface area contributed by atoms with E-state index in [1.807, 2.05) is 30.3 Å². The van der Waals surface area contributed by atoms with E-state index in [0.717, 1.165) is 29.0 Å². The van der Waals surface area contributed by atoms with Gasteiger partial charge in [-0.15, -0.1) is 11.6 Å². The van der Waals surface area contributed by atoms with E-state index in [-0.39, 0.29) is 0 Å². The van der Waals surface area contributed by atoms with Crippen molar-refractivity contribution in [3.05, 3.63) is 59.2 Å². The molecule has 0 aliphatic heterocycles. The van der Waals surface area contributed by atoms with Gasteiger partial charge < -0.3 is 9.47 Å². The fourth-order valence-electron chi connectivity index (χ4n) is 2.10. The summed E-state index contributed by atoms with van der Waals surface area (Å²) in [5.74, 6) is 1.93. The molecule has 0 aliphatic rings. The monoisotopic (exact) mass is 276 g/mol. The molecule has 0 bridgehead atoms. The van der Waals surface area contributed by atoms with E-state index in [4.69, 9.17) is 21.1 Å². The highest BCUT2D eigenvalue weighted by Crippen LogP contribution is 2.32. The molecule has 19 heavy (non-hydrogen) atoms. The summed E-state index contributed by atoms with van der Waals surface area (Å²) in [6, 6.07) is 14.3. The van der Waals surface area contributed by atoms with Crippen molar-refractivity contribution in [2.24, 2.45) is 0 Å². The number of rotatable bonds is 5. The Kier molecular flexibility index (Phi) is 4.69. The van der Waals surface area contributed by atoms with Gasteiger partial charge in [0.05, 0.1) is 25.7 Å². The molecule has 0 saturated carbocycles. The van der Waals surface area contributed by atoms with Crippen molar-refractivity contribution in [2.45, 2.75) is 12.3 Å². The van der Waals surface area contributed by atoms with Gasteiger partial charge in [0.2, 0.25) is 0 Å². The summed E-state index contributed by atoms with van der Waals surface area (Å²) in [6.07, 6.45) is 0.843. The lowest BCUT2D eigenvalue weighted by molar-refractivity contribution is 0.387. The van der Waals surface area contributed by atoms with Crippen LogP contribution in [0.25, 0.3) is 0 Å². The van der Waals surface area contributed by atoms with Gasteiger partial charge in [-0.25, -0.2) is 0 Å². The number of hydrogen-bond donors (Lipinski definition) is 0. The quantitative estimate of drug-likeness (QED) is 0.768. The van der Waals surface area contributed by atoms with Gasteiger partial charge in [-0.2, -0.15) is 0 Å². The fourth-order valence-corrected chi connectivity index (χ4v) is 2.37. The third kappa shape index (κ3) is 3.21. The summed E-state index contributed by atoms with van der Waals surface area (Å²) in [5.41, 5.74) is 3.29. The summed E-state index contributed by atoms with van der Waals surface area (Å²) in [4.78, 5) is 0. The van der Waals surface area contributed by atoms with Gasteiger partial charge in [-0.3, -0.25) is 0 Å². The van der Waals surface area contributed by atoms with E-state index in [2.05, 4.69) is 12.1 Å². The molecular weight excluding hydrogens is 260 g/mol. The molecule has 0 amide bonds. The normalized spacial score (nSPS) is 10.3.